The quantitative estimate of drug-likeness (QED) is 0.370. The monoisotopic (exact) mass is 558 g/mol. The van der Waals surface area contributed by atoms with Crippen LogP contribution in [-0.4, -0.2) is 40.6 Å². The van der Waals surface area contributed by atoms with E-state index < -0.39 is 41.8 Å². The summed E-state index contributed by atoms with van der Waals surface area (Å²) in [4.78, 5) is 43.3. The summed E-state index contributed by atoms with van der Waals surface area (Å²) in [7, 11) is 0. The van der Waals surface area contributed by atoms with Gasteiger partial charge in [-0.2, -0.15) is 13.2 Å². The second-order valence-corrected chi connectivity index (χ2v) is 9.75. The third-order valence-electron chi connectivity index (χ3n) is 5.97. The van der Waals surface area contributed by atoms with Gasteiger partial charge in [-0.15, -0.1) is 11.3 Å². The molecule has 0 bridgehead atoms. The van der Waals surface area contributed by atoms with Crippen molar-refractivity contribution in [2.45, 2.75) is 25.7 Å². The summed E-state index contributed by atoms with van der Waals surface area (Å²) in [5, 5.41) is 5.34. The fourth-order valence-corrected chi connectivity index (χ4v) is 5.12. The van der Waals surface area contributed by atoms with Crippen LogP contribution >= 0.6 is 11.3 Å². The van der Waals surface area contributed by atoms with E-state index in [2.05, 4.69) is 15.6 Å². The molecule has 202 valence electrons. The molecule has 2 aromatic heterocycles. The van der Waals surface area contributed by atoms with Crippen LogP contribution in [0.3, 0.4) is 0 Å². The van der Waals surface area contributed by atoms with Crippen LogP contribution < -0.4 is 25.7 Å². The van der Waals surface area contributed by atoms with E-state index in [4.69, 9.17) is 9.47 Å². The minimum absolute atomic E-state index is 0.0570. The Balaban J connectivity index is 1.27. The van der Waals surface area contributed by atoms with Gasteiger partial charge >= 0.3 is 6.18 Å². The summed E-state index contributed by atoms with van der Waals surface area (Å²) in [6, 6.07) is 11.4. The first kappa shape index (κ1) is 26.2. The molecule has 3 heterocycles. The number of hydrogen-bond donors (Lipinski definition) is 2. The van der Waals surface area contributed by atoms with Gasteiger partial charge in [0.15, 0.2) is 11.5 Å². The van der Waals surface area contributed by atoms with Gasteiger partial charge in [-0.05, 0) is 42.8 Å². The maximum absolute atomic E-state index is 13.1. The van der Waals surface area contributed by atoms with Crippen molar-refractivity contribution in [2.75, 3.05) is 18.5 Å². The average Bonchev–Trinajstić information content (AvgIpc) is 3.25. The van der Waals surface area contributed by atoms with Crippen LogP contribution in [0.15, 0.2) is 59.7 Å². The number of benzene rings is 2. The van der Waals surface area contributed by atoms with Crippen LogP contribution in [0.1, 0.15) is 20.8 Å². The number of nitrogens with zero attached hydrogens (tertiary/aromatic N) is 2. The summed E-state index contributed by atoms with van der Waals surface area (Å²) >= 11 is 1.04. The number of nitrogens with one attached hydrogen (secondary N) is 2. The minimum atomic E-state index is -4.56. The van der Waals surface area contributed by atoms with Crippen LogP contribution in [-0.2, 0) is 17.5 Å². The second kappa shape index (κ2) is 10.4. The van der Waals surface area contributed by atoms with Crippen LogP contribution in [0, 0.1) is 6.92 Å². The number of thiophene rings is 1. The normalized spacial score (nSPS) is 14.7. The number of anilines is 1. The van der Waals surface area contributed by atoms with Gasteiger partial charge in [0, 0.05) is 5.69 Å². The molecule has 0 saturated carbocycles. The highest BCUT2D eigenvalue weighted by atomic mass is 32.1. The summed E-state index contributed by atoms with van der Waals surface area (Å²) in [5.41, 5.74) is -1.11. The number of aromatic nitrogens is 2. The number of carbonyl (C=O) groups is 2. The van der Waals surface area contributed by atoms with Crippen molar-refractivity contribution in [1.29, 1.82) is 0 Å². The zero-order valence-corrected chi connectivity index (χ0v) is 21.2. The van der Waals surface area contributed by atoms with E-state index in [9.17, 15) is 27.6 Å². The maximum Gasteiger partial charge on any atom is 0.416 e. The SMILES string of the molecule is Cc1c(C(=O)NC[C@@H]2COc3ccccc3O2)sc2ncn(CC(=O)Nc3cccc(C(F)(F)F)c3)c(=O)c12. The first-order chi connectivity index (χ1) is 18.6. The highest BCUT2D eigenvalue weighted by molar-refractivity contribution is 7.20. The molecule has 1 aliphatic rings. The molecule has 9 nitrogen and oxygen atoms in total. The van der Waals surface area contributed by atoms with Gasteiger partial charge in [-0.1, -0.05) is 18.2 Å². The lowest BCUT2D eigenvalue weighted by molar-refractivity contribution is -0.137. The van der Waals surface area contributed by atoms with E-state index in [0.29, 0.717) is 21.9 Å². The zero-order chi connectivity index (χ0) is 27.7. The Morgan fingerprint density at radius 2 is 1.92 bits per heavy atom. The fraction of sp³-hybridized carbons (Fsp3) is 0.231. The molecule has 1 aliphatic heterocycles. The standard InChI is InChI=1S/C26H21F3N4O5S/c1-14-21-24(39-22(14)23(35)30-10-17-12-37-18-7-2-3-8-19(18)38-17)31-13-33(25(21)36)11-20(34)32-16-6-4-5-15(9-16)26(27,28)29/h2-9,13,17H,10-12H2,1H3,(H,30,35)(H,32,34)/t17-/m1/s1. The molecule has 0 radical (unpaired) electrons. The molecule has 2 amide bonds. The molecule has 0 unspecified atom stereocenters. The lowest BCUT2D eigenvalue weighted by Crippen LogP contribution is -2.40. The van der Waals surface area contributed by atoms with Crippen LogP contribution in [0.25, 0.3) is 10.2 Å². The molecule has 0 saturated heterocycles. The summed E-state index contributed by atoms with van der Waals surface area (Å²) < 4.78 is 51.4. The maximum atomic E-state index is 13.1. The largest absolute Gasteiger partial charge is 0.486 e. The van der Waals surface area contributed by atoms with Crippen molar-refractivity contribution >= 4 is 39.1 Å². The molecule has 4 aromatic rings. The summed E-state index contributed by atoms with van der Waals surface area (Å²) in [6.45, 7) is 1.57. The van der Waals surface area contributed by atoms with Gasteiger partial charge in [-0.25, -0.2) is 4.98 Å². The zero-order valence-electron chi connectivity index (χ0n) is 20.4. The number of amides is 2. The Morgan fingerprint density at radius 3 is 2.69 bits per heavy atom. The Morgan fingerprint density at radius 1 is 1.15 bits per heavy atom. The van der Waals surface area contributed by atoms with Gasteiger partial charge in [0.05, 0.1) is 28.7 Å². The molecule has 39 heavy (non-hydrogen) atoms. The third-order valence-corrected chi connectivity index (χ3v) is 7.17. The summed E-state index contributed by atoms with van der Waals surface area (Å²) in [6.07, 6.45) is -3.79. The van der Waals surface area contributed by atoms with Crippen molar-refractivity contribution in [3.8, 4) is 11.5 Å². The highest BCUT2D eigenvalue weighted by Gasteiger charge is 2.30. The number of carbonyl (C=O) groups excluding carboxylic acids is 2. The number of para-hydroxylation sites is 2. The van der Waals surface area contributed by atoms with Gasteiger partial charge in [0.25, 0.3) is 11.5 Å². The lowest BCUT2D eigenvalue weighted by atomic mass is 10.2. The number of alkyl halides is 3. The molecule has 2 N–H and O–H groups in total. The number of fused-ring (bicyclic) bond motifs is 2. The Hall–Kier alpha value is -4.39. The predicted molar refractivity (Wildman–Crippen MR) is 137 cm³/mol. The minimum Gasteiger partial charge on any atom is -0.486 e. The fourth-order valence-electron chi connectivity index (χ4n) is 4.07. The van der Waals surface area contributed by atoms with Crippen molar-refractivity contribution in [2.24, 2.45) is 0 Å². The topological polar surface area (TPSA) is 112 Å². The van der Waals surface area contributed by atoms with Crippen LogP contribution in [0.5, 0.6) is 11.5 Å². The van der Waals surface area contributed by atoms with Crippen molar-refractivity contribution < 1.29 is 32.2 Å². The van der Waals surface area contributed by atoms with Crippen molar-refractivity contribution in [3.05, 3.63) is 81.2 Å². The Kier molecular flexibility index (Phi) is 7.00. The summed E-state index contributed by atoms with van der Waals surface area (Å²) in [5.74, 6) is 0.0973. The van der Waals surface area contributed by atoms with E-state index in [-0.39, 0.29) is 29.1 Å². The Bertz CT molecular complexity index is 1630. The molecule has 2 aromatic carbocycles. The van der Waals surface area contributed by atoms with Gasteiger partial charge in [-0.3, -0.25) is 19.0 Å². The van der Waals surface area contributed by atoms with Crippen LogP contribution in [0.2, 0.25) is 0 Å². The van der Waals surface area contributed by atoms with Gasteiger partial charge < -0.3 is 20.1 Å². The van der Waals surface area contributed by atoms with Gasteiger partial charge in [0.2, 0.25) is 5.91 Å². The van der Waals surface area contributed by atoms with Gasteiger partial charge in [0.1, 0.15) is 24.1 Å². The first-order valence-corrected chi connectivity index (χ1v) is 12.5. The molecule has 5 rings (SSSR count). The molecule has 0 spiro atoms. The van der Waals surface area contributed by atoms with E-state index in [1.165, 1.54) is 18.5 Å². The molecule has 0 fully saturated rings. The lowest BCUT2D eigenvalue weighted by Gasteiger charge is -2.26. The first-order valence-electron chi connectivity index (χ1n) is 11.7. The van der Waals surface area contributed by atoms with Crippen molar-refractivity contribution in [3.63, 3.8) is 0 Å². The number of hydrogen-bond acceptors (Lipinski definition) is 7. The highest BCUT2D eigenvalue weighted by Crippen LogP contribution is 2.32. The third kappa shape index (κ3) is 5.58. The smallest absolute Gasteiger partial charge is 0.416 e. The number of halogens is 3. The second-order valence-electron chi connectivity index (χ2n) is 8.75. The number of aryl methyl sites for hydroxylation is 1. The molecule has 0 aliphatic carbocycles. The Labute approximate surface area is 223 Å². The molecular weight excluding hydrogens is 537 g/mol. The van der Waals surface area contributed by atoms with E-state index in [1.807, 2.05) is 12.1 Å². The van der Waals surface area contributed by atoms with Crippen molar-refractivity contribution in [1.82, 2.24) is 14.9 Å². The molecule has 1 atom stereocenters. The van der Waals surface area contributed by atoms with Crippen LogP contribution in [0.4, 0.5) is 18.9 Å². The van der Waals surface area contributed by atoms with E-state index in [1.54, 1.807) is 19.1 Å². The number of rotatable bonds is 6. The van der Waals surface area contributed by atoms with E-state index in [0.717, 1.165) is 28.0 Å². The molecular formula is C26H21F3N4O5S. The molecule has 13 heteroatoms. The average molecular weight is 559 g/mol. The predicted octanol–water partition coefficient (Wildman–Crippen LogP) is 3.99. The van der Waals surface area contributed by atoms with E-state index >= 15 is 0 Å². The number of ether oxygens (including phenoxy) is 2.